The molecule has 0 atom stereocenters. The third-order valence-corrected chi connectivity index (χ3v) is 2.63. The molecule has 7 nitrogen and oxygen atoms in total. The lowest BCUT2D eigenvalue weighted by Crippen LogP contribution is -2.33. The van der Waals surface area contributed by atoms with E-state index < -0.39 is 30.1 Å². The molecule has 0 aliphatic carbocycles. The summed E-state index contributed by atoms with van der Waals surface area (Å²) >= 11 is 0. The predicted octanol–water partition coefficient (Wildman–Crippen LogP) is 0.510. The molecule has 0 radical (unpaired) electrons. The Morgan fingerprint density at radius 3 is 2.71 bits per heavy atom. The van der Waals surface area contributed by atoms with Gasteiger partial charge in [-0.15, -0.1) is 5.10 Å². The molecule has 1 N–H and O–H groups in total. The Morgan fingerprint density at radius 2 is 2.19 bits per heavy atom. The third kappa shape index (κ3) is 3.33. The van der Waals surface area contributed by atoms with Crippen molar-refractivity contribution in [3.8, 4) is 0 Å². The quantitative estimate of drug-likeness (QED) is 0.892. The summed E-state index contributed by atoms with van der Waals surface area (Å²) in [5.74, 6) is -1.53. The highest BCUT2D eigenvalue weighted by Crippen LogP contribution is 2.25. The van der Waals surface area contributed by atoms with Crippen LogP contribution in [0.2, 0.25) is 0 Å². The van der Waals surface area contributed by atoms with Crippen LogP contribution in [0, 0.1) is 0 Å². The molecule has 1 amide bonds. The lowest BCUT2D eigenvalue weighted by atomic mass is 10.4. The van der Waals surface area contributed by atoms with Crippen LogP contribution in [0.3, 0.4) is 0 Å². The lowest BCUT2D eigenvalue weighted by molar-refractivity contribution is -0.147. The van der Waals surface area contributed by atoms with E-state index in [0.29, 0.717) is 15.0 Å². The number of carbonyl (C=O) groups is 1. The largest absolute Gasteiger partial charge is 0.467 e. The lowest BCUT2D eigenvalue weighted by Gasteiger charge is -2.03. The van der Waals surface area contributed by atoms with E-state index in [9.17, 15) is 22.8 Å². The van der Waals surface area contributed by atoms with E-state index in [1.807, 2.05) is 0 Å². The molecular weight excluding hydrogens is 293 g/mol. The van der Waals surface area contributed by atoms with E-state index in [4.69, 9.17) is 4.42 Å². The van der Waals surface area contributed by atoms with Crippen molar-refractivity contribution in [3.05, 3.63) is 40.5 Å². The van der Waals surface area contributed by atoms with Gasteiger partial charge in [-0.05, 0) is 12.1 Å². The van der Waals surface area contributed by atoms with Crippen LogP contribution < -0.4 is 11.0 Å². The highest BCUT2D eigenvalue weighted by atomic mass is 19.4. The minimum absolute atomic E-state index is 0.0690. The van der Waals surface area contributed by atoms with E-state index in [1.54, 1.807) is 12.1 Å². The summed E-state index contributed by atoms with van der Waals surface area (Å²) in [6.07, 6.45) is -3.34. The van der Waals surface area contributed by atoms with E-state index in [-0.39, 0.29) is 6.54 Å². The second kappa shape index (κ2) is 5.46. The second-order valence-corrected chi connectivity index (χ2v) is 4.18. The molecule has 2 rings (SSSR count). The van der Waals surface area contributed by atoms with E-state index in [2.05, 4.69) is 10.4 Å². The number of nitrogens with zero attached hydrogens (tertiary/aromatic N) is 3. The SMILES string of the molecule is Cn1c(C(F)(F)F)nn(CC(=O)NCc2ccco2)c1=O. The summed E-state index contributed by atoms with van der Waals surface area (Å²) in [4.78, 5) is 23.2. The number of amides is 1. The topological polar surface area (TPSA) is 82.1 Å². The van der Waals surface area contributed by atoms with Gasteiger partial charge in [0.05, 0.1) is 12.8 Å². The van der Waals surface area contributed by atoms with Gasteiger partial charge in [0.2, 0.25) is 11.7 Å². The van der Waals surface area contributed by atoms with Gasteiger partial charge < -0.3 is 9.73 Å². The average molecular weight is 304 g/mol. The Bertz CT molecular complexity index is 685. The van der Waals surface area contributed by atoms with Gasteiger partial charge in [0.25, 0.3) is 0 Å². The fourth-order valence-electron chi connectivity index (χ4n) is 1.63. The molecule has 0 aliphatic heterocycles. The van der Waals surface area contributed by atoms with Gasteiger partial charge in [-0.1, -0.05) is 0 Å². The number of alkyl halides is 3. The van der Waals surface area contributed by atoms with Crippen LogP contribution in [0.5, 0.6) is 0 Å². The van der Waals surface area contributed by atoms with Crippen LogP contribution in [0.15, 0.2) is 27.6 Å². The predicted molar refractivity (Wildman–Crippen MR) is 63.0 cm³/mol. The first kappa shape index (κ1) is 14.9. The van der Waals surface area contributed by atoms with Crippen molar-refractivity contribution in [1.82, 2.24) is 19.7 Å². The van der Waals surface area contributed by atoms with Gasteiger partial charge >= 0.3 is 11.9 Å². The number of carbonyl (C=O) groups excluding carboxylic acids is 1. The molecular formula is C11H11F3N4O3. The summed E-state index contributed by atoms with van der Waals surface area (Å²) < 4.78 is 43.5. The van der Waals surface area contributed by atoms with Gasteiger partial charge in [0, 0.05) is 7.05 Å². The molecule has 0 aromatic carbocycles. The first-order valence-electron chi connectivity index (χ1n) is 5.79. The van der Waals surface area contributed by atoms with Crippen molar-refractivity contribution in [1.29, 1.82) is 0 Å². The molecule has 2 aromatic heterocycles. The average Bonchev–Trinajstić information content (AvgIpc) is 2.99. The molecule has 0 saturated carbocycles. The smallest absolute Gasteiger partial charge is 0.451 e. The molecule has 0 fully saturated rings. The van der Waals surface area contributed by atoms with Crippen molar-refractivity contribution in [2.45, 2.75) is 19.3 Å². The Kier molecular flexibility index (Phi) is 3.87. The van der Waals surface area contributed by atoms with Crippen LogP contribution in [0.1, 0.15) is 11.6 Å². The molecule has 10 heteroatoms. The van der Waals surface area contributed by atoms with Gasteiger partial charge in [-0.25, -0.2) is 9.48 Å². The van der Waals surface area contributed by atoms with Crippen LogP contribution in [-0.2, 0) is 31.1 Å². The molecule has 114 valence electrons. The normalized spacial score (nSPS) is 11.6. The number of halogens is 3. The van der Waals surface area contributed by atoms with Gasteiger partial charge in [0.1, 0.15) is 12.3 Å². The maximum absolute atomic E-state index is 12.6. The highest BCUT2D eigenvalue weighted by molar-refractivity contribution is 5.75. The number of nitrogens with one attached hydrogen (secondary N) is 1. The van der Waals surface area contributed by atoms with Gasteiger partial charge in [-0.3, -0.25) is 9.36 Å². The van der Waals surface area contributed by atoms with Crippen LogP contribution in [0.4, 0.5) is 13.2 Å². The van der Waals surface area contributed by atoms with Crippen molar-refractivity contribution < 1.29 is 22.4 Å². The molecule has 0 aliphatic rings. The summed E-state index contributed by atoms with van der Waals surface area (Å²) in [5.41, 5.74) is -1.02. The zero-order chi connectivity index (χ0) is 15.6. The van der Waals surface area contributed by atoms with Crippen LogP contribution >= 0.6 is 0 Å². The zero-order valence-electron chi connectivity index (χ0n) is 10.8. The Morgan fingerprint density at radius 1 is 1.48 bits per heavy atom. The molecule has 0 bridgehead atoms. The number of furan rings is 1. The van der Waals surface area contributed by atoms with Crippen LogP contribution in [-0.4, -0.2) is 20.3 Å². The van der Waals surface area contributed by atoms with Gasteiger partial charge in [-0.2, -0.15) is 13.2 Å². The molecule has 0 saturated heterocycles. The first-order chi connectivity index (χ1) is 9.79. The maximum atomic E-state index is 12.6. The number of hydrogen-bond acceptors (Lipinski definition) is 4. The van der Waals surface area contributed by atoms with Crippen molar-refractivity contribution >= 4 is 5.91 Å². The van der Waals surface area contributed by atoms with E-state index in [1.165, 1.54) is 6.26 Å². The maximum Gasteiger partial charge on any atom is 0.451 e. The third-order valence-electron chi connectivity index (χ3n) is 2.63. The zero-order valence-corrected chi connectivity index (χ0v) is 10.8. The van der Waals surface area contributed by atoms with Crippen LogP contribution in [0.25, 0.3) is 0 Å². The Balaban J connectivity index is 2.06. The molecule has 0 spiro atoms. The summed E-state index contributed by atoms with van der Waals surface area (Å²) in [5, 5.41) is 5.53. The summed E-state index contributed by atoms with van der Waals surface area (Å²) in [7, 11) is 0.940. The second-order valence-electron chi connectivity index (χ2n) is 4.18. The fourth-order valence-corrected chi connectivity index (χ4v) is 1.63. The fraction of sp³-hybridized carbons (Fsp3) is 0.364. The van der Waals surface area contributed by atoms with Crippen molar-refractivity contribution in [2.75, 3.05) is 0 Å². The molecule has 2 aromatic rings. The van der Waals surface area contributed by atoms with Crippen molar-refractivity contribution in [3.63, 3.8) is 0 Å². The monoisotopic (exact) mass is 304 g/mol. The van der Waals surface area contributed by atoms with Gasteiger partial charge in [0.15, 0.2) is 0 Å². The minimum Gasteiger partial charge on any atom is -0.467 e. The number of rotatable bonds is 4. The molecule has 0 unspecified atom stereocenters. The van der Waals surface area contributed by atoms with E-state index in [0.717, 1.165) is 7.05 Å². The molecule has 2 heterocycles. The molecule has 21 heavy (non-hydrogen) atoms. The number of hydrogen-bond donors (Lipinski definition) is 1. The van der Waals surface area contributed by atoms with E-state index >= 15 is 0 Å². The van der Waals surface area contributed by atoms with Crippen molar-refractivity contribution in [2.24, 2.45) is 7.05 Å². The Hall–Kier alpha value is -2.52. The highest BCUT2D eigenvalue weighted by Gasteiger charge is 2.38. The Labute approximate surface area is 116 Å². The minimum atomic E-state index is -4.76. The standard InChI is InChI=1S/C11H11F3N4O3/c1-17-9(11(12,13)14)16-18(10(17)20)6-8(19)15-5-7-3-2-4-21-7/h2-4H,5-6H2,1H3,(H,15,19). The summed E-state index contributed by atoms with van der Waals surface area (Å²) in [6.45, 7) is -0.539. The summed E-state index contributed by atoms with van der Waals surface area (Å²) in [6, 6.07) is 3.25. The number of aromatic nitrogens is 3. The first-order valence-corrected chi connectivity index (χ1v) is 5.79.